The van der Waals surface area contributed by atoms with Crippen LogP contribution in [0.3, 0.4) is 0 Å². The summed E-state index contributed by atoms with van der Waals surface area (Å²) in [6.45, 7) is 1.08. The summed E-state index contributed by atoms with van der Waals surface area (Å²) in [6.07, 6.45) is 4.20. The predicted octanol–water partition coefficient (Wildman–Crippen LogP) is 2.06. The van der Waals surface area contributed by atoms with Crippen molar-refractivity contribution in [1.82, 2.24) is 4.90 Å². The van der Waals surface area contributed by atoms with E-state index < -0.39 is 0 Å². The van der Waals surface area contributed by atoms with Crippen molar-refractivity contribution in [2.45, 2.75) is 38.2 Å². The van der Waals surface area contributed by atoms with Crippen LogP contribution in [0.15, 0.2) is 12.1 Å². The van der Waals surface area contributed by atoms with E-state index in [1.54, 1.807) is 17.0 Å². The molecule has 0 radical (unpaired) electrons. The lowest BCUT2D eigenvalue weighted by atomic mass is 9.76. The second kappa shape index (κ2) is 9.00. The van der Waals surface area contributed by atoms with Gasteiger partial charge in [0.1, 0.15) is 6.61 Å². The first-order chi connectivity index (χ1) is 13.9. The van der Waals surface area contributed by atoms with Crippen LogP contribution >= 0.6 is 0 Å². The summed E-state index contributed by atoms with van der Waals surface area (Å²) >= 11 is 0. The van der Waals surface area contributed by atoms with Gasteiger partial charge in [0.25, 0.3) is 5.91 Å². The van der Waals surface area contributed by atoms with Crippen LogP contribution in [-0.2, 0) is 9.53 Å². The molecule has 3 rings (SSSR count). The van der Waals surface area contributed by atoms with Gasteiger partial charge in [0, 0.05) is 31.2 Å². The van der Waals surface area contributed by atoms with Gasteiger partial charge in [-0.05, 0) is 37.8 Å². The maximum atomic E-state index is 13.3. The Hall–Kier alpha value is -2.32. The second-order valence-electron chi connectivity index (χ2n) is 7.84. The highest BCUT2D eigenvalue weighted by atomic mass is 16.5. The summed E-state index contributed by atoms with van der Waals surface area (Å²) in [6, 6.07) is 3.23. The van der Waals surface area contributed by atoms with Gasteiger partial charge in [0.05, 0.1) is 26.0 Å². The molecule has 2 aliphatic rings. The molecule has 1 aliphatic heterocycles. The molecule has 2 amide bonds. The quantitative estimate of drug-likeness (QED) is 0.751. The van der Waals surface area contributed by atoms with Crippen molar-refractivity contribution in [2.24, 2.45) is 5.41 Å². The van der Waals surface area contributed by atoms with Crippen molar-refractivity contribution in [2.75, 3.05) is 46.3 Å². The smallest absolute Gasteiger partial charge is 0.254 e. The molecule has 160 valence electrons. The van der Waals surface area contributed by atoms with E-state index in [2.05, 4.69) is 5.32 Å². The van der Waals surface area contributed by atoms with Crippen LogP contribution in [0.5, 0.6) is 11.5 Å². The molecule has 2 atom stereocenters. The minimum Gasteiger partial charge on any atom is -0.493 e. The van der Waals surface area contributed by atoms with Gasteiger partial charge in [-0.3, -0.25) is 9.59 Å². The van der Waals surface area contributed by atoms with Crippen molar-refractivity contribution >= 4 is 17.5 Å². The Morgan fingerprint density at radius 2 is 1.97 bits per heavy atom. The number of nitrogens with one attached hydrogen (secondary N) is 1. The Bertz CT molecular complexity index is 768. The molecule has 2 fully saturated rings. The van der Waals surface area contributed by atoms with Gasteiger partial charge in [-0.15, -0.1) is 0 Å². The molecular formula is C21H30N2O6. The summed E-state index contributed by atoms with van der Waals surface area (Å²) in [5, 5.41) is 13.2. The van der Waals surface area contributed by atoms with E-state index in [0.29, 0.717) is 35.8 Å². The molecule has 1 heterocycles. The zero-order valence-electron chi connectivity index (χ0n) is 17.3. The van der Waals surface area contributed by atoms with E-state index in [-0.39, 0.29) is 29.9 Å². The molecule has 1 aliphatic carbocycles. The number of methoxy groups -OCH3 is 3. The number of likely N-dealkylation sites (tertiary alicyclic amines) is 1. The minimum atomic E-state index is -0.358. The Balaban J connectivity index is 1.88. The second-order valence-corrected chi connectivity index (χ2v) is 7.84. The molecule has 0 bridgehead atoms. The minimum absolute atomic E-state index is 0.115. The SMILES string of the molecule is COCC(=O)Nc1cc(C(=O)N2CCC[C@]3(CCC[C@H]3O)C2)cc(OC)c1OC. The molecule has 0 aromatic heterocycles. The first-order valence-electron chi connectivity index (χ1n) is 9.96. The number of piperidine rings is 1. The third kappa shape index (κ3) is 4.33. The van der Waals surface area contributed by atoms with E-state index >= 15 is 0 Å². The fourth-order valence-electron chi connectivity index (χ4n) is 4.61. The lowest BCUT2D eigenvalue weighted by Crippen LogP contribution is -2.49. The van der Waals surface area contributed by atoms with Crippen molar-refractivity contribution in [3.05, 3.63) is 17.7 Å². The molecule has 8 nitrogen and oxygen atoms in total. The van der Waals surface area contributed by atoms with E-state index in [1.807, 2.05) is 0 Å². The van der Waals surface area contributed by atoms with Crippen LogP contribution in [0.25, 0.3) is 0 Å². The fourth-order valence-corrected chi connectivity index (χ4v) is 4.61. The molecule has 8 heteroatoms. The van der Waals surface area contributed by atoms with Crippen LogP contribution in [0.1, 0.15) is 42.5 Å². The molecule has 2 N–H and O–H groups in total. The Labute approximate surface area is 171 Å². The normalized spacial score (nSPS) is 23.9. The zero-order chi connectivity index (χ0) is 21.0. The average molecular weight is 406 g/mol. The van der Waals surface area contributed by atoms with Gasteiger partial charge >= 0.3 is 0 Å². The molecule has 1 spiro atoms. The lowest BCUT2D eigenvalue weighted by Gasteiger charge is -2.42. The van der Waals surface area contributed by atoms with Gasteiger partial charge in [-0.1, -0.05) is 6.42 Å². The maximum absolute atomic E-state index is 13.3. The molecule has 0 unspecified atom stereocenters. The highest BCUT2D eigenvalue weighted by molar-refractivity contribution is 5.99. The monoisotopic (exact) mass is 406 g/mol. The maximum Gasteiger partial charge on any atom is 0.254 e. The van der Waals surface area contributed by atoms with E-state index in [4.69, 9.17) is 14.2 Å². The summed E-state index contributed by atoms with van der Waals surface area (Å²) in [5.74, 6) is 0.198. The fraction of sp³-hybridized carbons (Fsp3) is 0.619. The van der Waals surface area contributed by atoms with Gasteiger partial charge < -0.3 is 29.5 Å². The number of hydrogen-bond donors (Lipinski definition) is 2. The Morgan fingerprint density at radius 1 is 1.21 bits per heavy atom. The summed E-state index contributed by atoms with van der Waals surface area (Å²) in [7, 11) is 4.39. The highest BCUT2D eigenvalue weighted by Crippen LogP contribution is 2.45. The van der Waals surface area contributed by atoms with Crippen LogP contribution in [-0.4, -0.2) is 69.0 Å². The van der Waals surface area contributed by atoms with Gasteiger partial charge in [-0.2, -0.15) is 0 Å². The van der Waals surface area contributed by atoms with Crippen LogP contribution in [0, 0.1) is 5.41 Å². The number of ether oxygens (including phenoxy) is 3. The van der Waals surface area contributed by atoms with Gasteiger partial charge in [-0.25, -0.2) is 0 Å². The number of aliphatic hydroxyl groups excluding tert-OH is 1. The Kier molecular flexibility index (Phi) is 6.64. The standard InChI is InChI=1S/C21H30N2O6/c1-27-12-18(25)22-15-10-14(11-16(28-2)19(15)29-3)20(26)23-9-5-8-21(13-23)7-4-6-17(21)24/h10-11,17,24H,4-9,12-13H2,1-3H3,(H,22,25)/t17-,21-/m1/s1. The van der Waals surface area contributed by atoms with Gasteiger partial charge in [0.15, 0.2) is 11.5 Å². The largest absolute Gasteiger partial charge is 0.493 e. The van der Waals surface area contributed by atoms with Crippen LogP contribution in [0.2, 0.25) is 0 Å². The average Bonchev–Trinajstić information content (AvgIpc) is 3.06. The van der Waals surface area contributed by atoms with Crippen LogP contribution in [0.4, 0.5) is 5.69 Å². The number of hydrogen-bond acceptors (Lipinski definition) is 6. The number of aliphatic hydroxyl groups is 1. The van der Waals surface area contributed by atoms with Crippen molar-refractivity contribution < 1.29 is 28.9 Å². The molecule has 29 heavy (non-hydrogen) atoms. The third-order valence-electron chi connectivity index (χ3n) is 6.03. The van der Waals surface area contributed by atoms with E-state index in [0.717, 1.165) is 32.1 Å². The molecule has 1 saturated heterocycles. The molecule has 1 saturated carbocycles. The van der Waals surface area contributed by atoms with Crippen molar-refractivity contribution in [1.29, 1.82) is 0 Å². The number of carbonyl (C=O) groups excluding carboxylic acids is 2. The zero-order valence-corrected chi connectivity index (χ0v) is 17.3. The number of amides is 2. The van der Waals surface area contributed by atoms with E-state index in [9.17, 15) is 14.7 Å². The topological polar surface area (TPSA) is 97.3 Å². The number of nitrogens with zero attached hydrogens (tertiary/aromatic N) is 1. The number of carbonyl (C=O) groups is 2. The van der Waals surface area contributed by atoms with Crippen molar-refractivity contribution in [3.8, 4) is 11.5 Å². The summed E-state index contributed by atoms with van der Waals surface area (Å²) < 4.78 is 15.6. The summed E-state index contributed by atoms with van der Waals surface area (Å²) in [4.78, 5) is 27.1. The number of rotatable bonds is 6. The van der Waals surface area contributed by atoms with Gasteiger partial charge in [0.2, 0.25) is 5.91 Å². The van der Waals surface area contributed by atoms with Crippen LogP contribution < -0.4 is 14.8 Å². The first-order valence-corrected chi connectivity index (χ1v) is 9.96. The summed E-state index contributed by atoms with van der Waals surface area (Å²) in [5.41, 5.74) is 0.560. The molecule has 1 aromatic rings. The van der Waals surface area contributed by atoms with Crippen molar-refractivity contribution in [3.63, 3.8) is 0 Å². The number of anilines is 1. The Morgan fingerprint density at radius 3 is 2.59 bits per heavy atom. The third-order valence-corrected chi connectivity index (χ3v) is 6.03. The number of benzene rings is 1. The lowest BCUT2D eigenvalue weighted by molar-refractivity contribution is -0.119. The first kappa shape index (κ1) is 21.4. The molecular weight excluding hydrogens is 376 g/mol. The molecule has 1 aromatic carbocycles. The highest BCUT2D eigenvalue weighted by Gasteiger charge is 2.45. The predicted molar refractivity (Wildman–Crippen MR) is 107 cm³/mol. The van der Waals surface area contributed by atoms with E-state index in [1.165, 1.54) is 21.3 Å².